The molecule has 0 unspecified atom stereocenters. The first-order valence-corrected chi connectivity index (χ1v) is 9.94. The van der Waals surface area contributed by atoms with Crippen molar-refractivity contribution in [3.63, 3.8) is 0 Å². The predicted octanol–water partition coefficient (Wildman–Crippen LogP) is 4.63. The fraction of sp³-hybridized carbons (Fsp3) is 0.375. The first-order chi connectivity index (χ1) is 11.4. The van der Waals surface area contributed by atoms with Gasteiger partial charge in [0.2, 0.25) is 0 Å². The number of phenols is 1. The van der Waals surface area contributed by atoms with Gasteiger partial charge >= 0.3 is 0 Å². The third-order valence-corrected chi connectivity index (χ3v) is 6.46. The van der Waals surface area contributed by atoms with Gasteiger partial charge in [0.25, 0.3) is 5.91 Å². The number of amidine groups is 1. The Hall–Kier alpha value is -0.990. The number of benzene rings is 1. The van der Waals surface area contributed by atoms with Crippen molar-refractivity contribution in [2.24, 2.45) is 4.99 Å². The monoisotopic (exact) mass is 476 g/mol. The largest absolute Gasteiger partial charge is 0.503 e. The van der Waals surface area contributed by atoms with E-state index in [1.807, 2.05) is 20.8 Å². The number of thioether (sulfide) groups is 1. The highest BCUT2D eigenvalue weighted by molar-refractivity contribution is 9.13. The number of rotatable bonds is 5. The zero-order valence-corrected chi connectivity index (χ0v) is 17.6. The molecule has 1 saturated heterocycles. The Morgan fingerprint density at radius 2 is 2.04 bits per heavy atom. The predicted molar refractivity (Wildman–Crippen MR) is 106 cm³/mol. The summed E-state index contributed by atoms with van der Waals surface area (Å²) >= 11 is 8.15. The van der Waals surface area contributed by atoms with E-state index in [-0.39, 0.29) is 11.7 Å². The van der Waals surface area contributed by atoms with E-state index in [1.165, 1.54) is 11.8 Å². The number of ether oxygens (including phenoxy) is 1. The normalized spacial score (nSPS) is 18.0. The van der Waals surface area contributed by atoms with Crippen molar-refractivity contribution in [2.75, 3.05) is 19.7 Å². The van der Waals surface area contributed by atoms with E-state index in [0.717, 1.165) is 10.7 Å². The van der Waals surface area contributed by atoms with E-state index < -0.39 is 0 Å². The molecule has 0 bridgehead atoms. The molecular formula is C16H18Br2N2O3S. The molecule has 1 heterocycles. The third kappa shape index (κ3) is 3.81. The molecule has 5 nitrogen and oxygen atoms in total. The minimum Gasteiger partial charge on any atom is -0.503 e. The lowest BCUT2D eigenvalue weighted by Crippen LogP contribution is -2.28. The van der Waals surface area contributed by atoms with Gasteiger partial charge in [-0.2, -0.15) is 0 Å². The first kappa shape index (κ1) is 19.3. The smallest absolute Gasteiger partial charge is 0.266 e. The number of hydrogen-bond acceptors (Lipinski definition) is 5. The number of nitrogens with zero attached hydrogens (tertiary/aromatic N) is 2. The number of carbonyl (C=O) groups excluding carboxylic acids is 1. The molecule has 8 heteroatoms. The van der Waals surface area contributed by atoms with Gasteiger partial charge in [0, 0.05) is 17.6 Å². The van der Waals surface area contributed by atoms with Gasteiger partial charge in [-0.15, -0.1) is 0 Å². The van der Waals surface area contributed by atoms with Crippen molar-refractivity contribution >= 4 is 60.8 Å². The lowest BCUT2D eigenvalue weighted by Gasteiger charge is -2.12. The van der Waals surface area contributed by atoms with Gasteiger partial charge in [-0.1, -0.05) is 0 Å². The SMILES string of the molecule is CCN=C1S/C(=C\c2cc(OCC)c(O)c(Br)c2Br)C(=O)N1CC. The Morgan fingerprint density at radius 3 is 2.62 bits per heavy atom. The summed E-state index contributed by atoms with van der Waals surface area (Å²) in [5.41, 5.74) is 0.743. The maximum Gasteiger partial charge on any atom is 0.266 e. The zero-order valence-electron chi connectivity index (χ0n) is 13.6. The van der Waals surface area contributed by atoms with Crippen molar-refractivity contribution in [1.29, 1.82) is 0 Å². The lowest BCUT2D eigenvalue weighted by molar-refractivity contribution is -0.122. The first-order valence-electron chi connectivity index (χ1n) is 7.54. The Kier molecular flexibility index (Phi) is 6.77. The van der Waals surface area contributed by atoms with Gasteiger partial charge in [0.1, 0.15) is 0 Å². The zero-order chi connectivity index (χ0) is 17.9. The van der Waals surface area contributed by atoms with Crippen LogP contribution < -0.4 is 4.74 Å². The maximum absolute atomic E-state index is 12.5. The van der Waals surface area contributed by atoms with Crippen LogP contribution in [-0.4, -0.2) is 40.8 Å². The summed E-state index contributed by atoms with van der Waals surface area (Å²) in [4.78, 5) is 19.2. The summed E-state index contributed by atoms with van der Waals surface area (Å²) in [7, 11) is 0. The Labute approximate surface area is 162 Å². The molecule has 1 aromatic rings. The van der Waals surface area contributed by atoms with Crippen LogP contribution in [0.25, 0.3) is 6.08 Å². The van der Waals surface area contributed by atoms with Crippen LogP contribution in [0.2, 0.25) is 0 Å². The number of amides is 1. The number of likely N-dealkylation sites (N-methyl/N-ethyl adjacent to an activating group) is 1. The van der Waals surface area contributed by atoms with Crippen molar-refractivity contribution in [1.82, 2.24) is 4.90 Å². The summed E-state index contributed by atoms with van der Waals surface area (Å²) in [5.74, 6) is 0.327. The molecule has 1 aromatic carbocycles. The summed E-state index contributed by atoms with van der Waals surface area (Å²) < 4.78 is 6.60. The van der Waals surface area contributed by atoms with Gasteiger partial charge in [-0.25, -0.2) is 0 Å². The molecule has 0 aromatic heterocycles. The van der Waals surface area contributed by atoms with Crippen LogP contribution in [0, 0.1) is 0 Å². The van der Waals surface area contributed by atoms with Crippen LogP contribution in [0.15, 0.2) is 24.9 Å². The second kappa shape index (κ2) is 8.40. The number of aromatic hydroxyl groups is 1. The van der Waals surface area contributed by atoms with E-state index in [4.69, 9.17) is 4.74 Å². The minimum absolute atomic E-state index is 0.0275. The number of halogens is 2. The van der Waals surface area contributed by atoms with Crippen LogP contribution in [0.1, 0.15) is 26.3 Å². The maximum atomic E-state index is 12.5. The van der Waals surface area contributed by atoms with Crippen LogP contribution in [0.5, 0.6) is 11.5 Å². The third-order valence-electron chi connectivity index (χ3n) is 3.26. The van der Waals surface area contributed by atoms with Crippen molar-refractivity contribution in [3.05, 3.63) is 25.5 Å². The van der Waals surface area contributed by atoms with E-state index in [2.05, 4.69) is 36.9 Å². The van der Waals surface area contributed by atoms with Crippen LogP contribution >= 0.6 is 43.6 Å². The fourth-order valence-electron chi connectivity index (χ4n) is 2.16. The van der Waals surface area contributed by atoms with Gasteiger partial charge < -0.3 is 9.84 Å². The number of carbonyl (C=O) groups is 1. The lowest BCUT2D eigenvalue weighted by atomic mass is 10.2. The molecule has 0 saturated carbocycles. The van der Waals surface area contributed by atoms with Crippen molar-refractivity contribution in [2.45, 2.75) is 20.8 Å². The fourth-order valence-corrected chi connectivity index (χ4v) is 4.10. The quantitative estimate of drug-likeness (QED) is 0.628. The number of aliphatic imine (C=N–C) groups is 1. The molecule has 1 aliphatic heterocycles. The van der Waals surface area contributed by atoms with Gasteiger partial charge in [0.15, 0.2) is 16.7 Å². The Bertz CT molecular complexity index is 720. The Balaban J connectivity index is 2.48. The number of hydrogen-bond donors (Lipinski definition) is 1. The molecule has 0 radical (unpaired) electrons. The molecule has 130 valence electrons. The molecule has 2 rings (SSSR count). The highest BCUT2D eigenvalue weighted by Gasteiger charge is 2.32. The second-order valence-corrected chi connectivity index (χ2v) is 7.39. The molecule has 0 aliphatic carbocycles. The summed E-state index contributed by atoms with van der Waals surface area (Å²) in [6, 6.07) is 1.71. The van der Waals surface area contributed by atoms with E-state index in [1.54, 1.807) is 17.0 Å². The van der Waals surface area contributed by atoms with Crippen LogP contribution in [0.4, 0.5) is 0 Å². The molecule has 1 fully saturated rings. The van der Waals surface area contributed by atoms with Gasteiger partial charge in [0.05, 0.1) is 16.0 Å². The summed E-state index contributed by atoms with van der Waals surface area (Å²) in [6.45, 7) is 7.34. The van der Waals surface area contributed by atoms with Crippen LogP contribution in [-0.2, 0) is 4.79 Å². The summed E-state index contributed by atoms with van der Waals surface area (Å²) in [6.07, 6.45) is 1.78. The highest BCUT2D eigenvalue weighted by Crippen LogP contribution is 2.43. The highest BCUT2D eigenvalue weighted by atomic mass is 79.9. The molecule has 0 atom stereocenters. The molecule has 1 amide bonds. The molecule has 0 spiro atoms. The second-order valence-electron chi connectivity index (χ2n) is 4.79. The van der Waals surface area contributed by atoms with Crippen molar-refractivity contribution < 1.29 is 14.6 Å². The molecule has 1 N–H and O–H groups in total. The van der Waals surface area contributed by atoms with Crippen molar-refractivity contribution in [3.8, 4) is 11.5 Å². The van der Waals surface area contributed by atoms with E-state index in [9.17, 15) is 9.90 Å². The van der Waals surface area contributed by atoms with E-state index in [0.29, 0.717) is 39.3 Å². The van der Waals surface area contributed by atoms with Gasteiger partial charge in [-0.05, 0) is 82.1 Å². The average Bonchev–Trinajstić information content (AvgIpc) is 2.85. The molecule has 1 aliphatic rings. The minimum atomic E-state index is -0.0660. The average molecular weight is 478 g/mol. The molecular weight excluding hydrogens is 460 g/mol. The Morgan fingerprint density at radius 1 is 1.33 bits per heavy atom. The molecule has 24 heavy (non-hydrogen) atoms. The number of phenolic OH excluding ortho intramolecular Hbond substituents is 1. The topological polar surface area (TPSA) is 62.1 Å². The summed E-state index contributed by atoms with van der Waals surface area (Å²) in [5, 5.41) is 10.8. The standard InChI is InChI=1S/C16H18Br2N2O3S/c1-4-19-16-20(5-2)15(22)11(24-16)8-9-7-10(23-6-3)14(21)13(18)12(9)17/h7-8,21H,4-6H2,1-3H3/b11-8-,19-16?. The van der Waals surface area contributed by atoms with E-state index >= 15 is 0 Å². The van der Waals surface area contributed by atoms with Crippen LogP contribution in [0.3, 0.4) is 0 Å². The van der Waals surface area contributed by atoms with Gasteiger partial charge in [-0.3, -0.25) is 14.7 Å².